The fourth-order valence-electron chi connectivity index (χ4n) is 2.96. The third-order valence-electron chi connectivity index (χ3n) is 4.20. The van der Waals surface area contributed by atoms with Crippen molar-refractivity contribution in [2.45, 2.75) is 25.1 Å². The zero-order chi connectivity index (χ0) is 17.1. The van der Waals surface area contributed by atoms with Gasteiger partial charge in [-0.15, -0.1) is 0 Å². The lowest BCUT2D eigenvalue weighted by atomic mass is 10.1. The number of rotatable bonds is 4. The van der Waals surface area contributed by atoms with Crippen LogP contribution in [0, 0.1) is 0 Å². The normalized spacial score (nSPS) is 18.8. The molecule has 0 spiro atoms. The van der Waals surface area contributed by atoms with Crippen LogP contribution >= 0.6 is 11.6 Å². The number of carbonyl (C=O) groups is 1. The van der Waals surface area contributed by atoms with Gasteiger partial charge < -0.3 is 20.5 Å². The number of fused-ring (bicyclic) bond motifs is 1. The molecule has 0 aromatic heterocycles. The minimum atomic E-state index is -0.683. The summed E-state index contributed by atoms with van der Waals surface area (Å²) in [7, 11) is 1.56. The van der Waals surface area contributed by atoms with E-state index >= 15 is 0 Å². The molecule has 126 valence electrons. The molecular weight excluding hydrogens is 328 g/mol. The minimum Gasteiger partial charge on any atom is -0.496 e. The number of amides is 2. The summed E-state index contributed by atoms with van der Waals surface area (Å²) in [6.07, 6.45) is -0.0633. The van der Waals surface area contributed by atoms with E-state index in [1.807, 2.05) is 30.3 Å². The van der Waals surface area contributed by atoms with E-state index < -0.39 is 6.10 Å². The summed E-state index contributed by atoms with van der Waals surface area (Å²) in [6.45, 7) is 0.307. The highest BCUT2D eigenvalue weighted by Gasteiger charge is 2.31. The molecular formula is C18H19ClN2O3. The van der Waals surface area contributed by atoms with Crippen LogP contribution in [-0.4, -0.2) is 24.3 Å². The molecule has 2 atom stereocenters. The van der Waals surface area contributed by atoms with E-state index in [4.69, 9.17) is 16.3 Å². The van der Waals surface area contributed by atoms with E-state index in [0.29, 0.717) is 23.7 Å². The van der Waals surface area contributed by atoms with Crippen LogP contribution in [0.25, 0.3) is 0 Å². The van der Waals surface area contributed by atoms with Crippen molar-refractivity contribution >= 4 is 17.6 Å². The number of nitrogens with one attached hydrogen (secondary N) is 2. The number of ether oxygens (including phenoxy) is 1. The minimum absolute atomic E-state index is 0.307. The molecule has 0 aliphatic heterocycles. The molecule has 0 radical (unpaired) electrons. The molecule has 0 saturated carbocycles. The Bertz CT molecular complexity index is 751. The molecule has 0 fully saturated rings. The summed E-state index contributed by atoms with van der Waals surface area (Å²) < 4.78 is 5.26. The maximum absolute atomic E-state index is 12.1. The number of hydrogen-bond donors (Lipinski definition) is 3. The Hall–Kier alpha value is -2.24. The molecule has 2 amide bonds. The largest absolute Gasteiger partial charge is 0.496 e. The third kappa shape index (κ3) is 3.47. The average Bonchev–Trinajstić information content (AvgIpc) is 2.90. The smallest absolute Gasteiger partial charge is 0.315 e. The van der Waals surface area contributed by atoms with Crippen molar-refractivity contribution < 1.29 is 14.6 Å². The van der Waals surface area contributed by atoms with Gasteiger partial charge in [0.1, 0.15) is 5.75 Å². The Morgan fingerprint density at radius 2 is 2.12 bits per heavy atom. The maximum atomic E-state index is 12.1. The predicted molar refractivity (Wildman–Crippen MR) is 92.3 cm³/mol. The molecule has 2 aromatic carbocycles. The van der Waals surface area contributed by atoms with Gasteiger partial charge in [-0.1, -0.05) is 41.9 Å². The first-order valence-corrected chi connectivity index (χ1v) is 8.09. The zero-order valence-corrected chi connectivity index (χ0v) is 14.0. The number of halogens is 1. The summed E-state index contributed by atoms with van der Waals surface area (Å²) in [5.41, 5.74) is 2.77. The summed E-state index contributed by atoms with van der Waals surface area (Å²) >= 11 is 5.92. The van der Waals surface area contributed by atoms with Gasteiger partial charge in [0.25, 0.3) is 0 Å². The summed E-state index contributed by atoms with van der Waals surface area (Å²) in [5, 5.41) is 16.5. The average molecular weight is 347 g/mol. The number of urea groups is 1. The number of benzene rings is 2. The second-order valence-corrected chi connectivity index (χ2v) is 6.17. The van der Waals surface area contributed by atoms with E-state index in [2.05, 4.69) is 10.6 Å². The molecule has 1 aliphatic rings. The standard InChI is InChI=1S/C18H19ClN2O3/c1-24-16-9-13(19)7-6-12(16)10-20-18(23)21-15-8-11-4-2-3-5-14(11)17(15)22/h2-7,9,15,17,22H,8,10H2,1H3,(H2,20,21,23)/t15-,17-/m1/s1. The number of aliphatic hydroxyl groups is 1. The third-order valence-corrected chi connectivity index (χ3v) is 4.43. The van der Waals surface area contributed by atoms with E-state index in [1.54, 1.807) is 19.2 Å². The van der Waals surface area contributed by atoms with Gasteiger partial charge in [0.15, 0.2) is 0 Å². The van der Waals surface area contributed by atoms with Crippen LogP contribution in [0.3, 0.4) is 0 Å². The van der Waals surface area contributed by atoms with E-state index in [9.17, 15) is 9.90 Å². The molecule has 0 bridgehead atoms. The lowest BCUT2D eigenvalue weighted by Gasteiger charge is -2.18. The van der Waals surface area contributed by atoms with Crippen LogP contribution in [-0.2, 0) is 13.0 Å². The molecule has 5 nitrogen and oxygen atoms in total. The molecule has 0 heterocycles. The monoisotopic (exact) mass is 346 g/mol. The van der Waals surface area contributed by atoms with Crippen molar-refractivity contribution in [2.24, 2.45) is 0 Å². The van der Waals surface area contributed by atoms with Crippen molar-refractivity contribution in [3.05, 3.63) is 64.2 Å². The Labute approximate surface area is 145 Å². The Morgan fingerprint density at radius 1 is 1.33 bits per heavy atom. The predicted octanol–water partition coefficient (Wildman–Crippen LogP) is 2.81. The van der Waals surface area contributed by atoms with Crippen molar-refractivity contribution in [3.8, 4) is 5.75 Å². The van der Waals surface area contributed by atoms with Crippen LogP contribution in [0.5, 0.6) is 5.75 Å². The molecule has 3 N–H and O–H groups in total. The second kappa shape index (κ2) is 7.11. The molecule has 6 heteroatoms. The molecule has 3 rings (SSSR count). The van der Waals surface area contributed by atoms with E-state index in [-0.39, 0.29) is 12.1 Å². The van der Waals surface area contributed by atoms with Gasteiger partial charge in [0, 0.05) is 17.1 Å². The first kappa shape index (κ1) is 16.6. The van der Waals surface area contributed by atoms with E-state index in [0.717, 1.165) is 16.7 Å². The molecule has 24 heavy (non-hydrogen) atoms. The first-order chi connectivity index (χ1) is 11.6. The van der Waals surface area contributed by atoms with Crippen LogP contribution in [0.2, 0.25) is 5.02 Å². The van der Waals surface area contributed by atoms with Crippen molar-refractivity contribution in [1.29, 1.82) is 0 Å². The van der Waals surface area contributed by atoms with E-state index in [1.165, 1.54) is 0 Å². The topological polar surface area (TPSA) is 70.6 Å². The van der Waals surface area contributed by atoms with Crippen molar-refractivity contribution in [3.63, 3.8) is 0 Å². The Morgan fingerprint density at radius 3 is 2.88 bits per heavy atom. The highest BCUT2D eigenvalue weighted by atomic mass is 35.5. The lowest BCUT2D eigenvalue weighted by molar-refractivity contribution is 0.143. The van der Waals surface area contributed by atoms with Crippen LogP contribution in [0.4, 0.5) is 4.79 Å². The van der Waals surface area contributed by atoms with Gasteiger partial charge in [-0.2, -0.15) is 0 Å². The van der Waals surface area contributed by atoms with Gasteiger partial charge in [0.2, 0.25) is 0 Å². The van der Waals surface area contributed by atoms with Crippen molar-refractivity contribution in [1.82, 2.24) is 10.6 Å². The van der Waals surface area contributed by atoms with Crippen molar-refractivity contribution in [2.75, 3.05) is 7.11 Å². The van der Waals surface area contributed by atoms with Gasteiger partial charge in [-0.25, -0.2) is 4.79 Å². The maximum Gasteiger partial charge on any atom is 0.315 e. The van der Waals surface area contributed by atoms with Gasteiger partial charge in [0.05, 0.1) is 19.3 Å². The quantitative estimate of drug-likeness (QED) is 0.797. The number of hydrogen-bond acceptors (Lipinski definition) is 3. The molecule has 0 unspecified atom stereocenters. The Kier molecular flexibility index (Phi) is 4.92. The first-order valence-electron chi connectivity index (χ1n) is 7.71. The zero-order valence-electron chi connectivity index (χ0n) is 13.3. The van der Waals surface area contributed by atoms with Crippen LogP contribution in [0.1, 0.15) is 22.8 Å². The number of aliphatic hydroxyl groups excluding tert-OH is 1. The highest BCUT2D eigenvalue weighted by Crippen LogP contribution is 2.31. The van der Waals surface area contributed by atoms with Gasteiger partial charge in [-0.05, 0) is 29.7 Å². The number of carbonyl (C=O) groups excluding carboxylic acids is 1. The highest BCUT2D eigenvalue weighted by molar-refractivity contribution is 6.30. The summed E-state index contributed by atoms with van der Waals surface area (Å²) in [4.78, 5) is 12.1. The van der Waals surface area contributed by atoms with Crippen LogP contribution in [0.15, 0.2) is 42.5 Å². The van der Waals surface area contributed by atoms with Gasteiger partial charge in [-0.3, -0.25) is 0 Å². The SMILES string of the molecule is COc1cc(Cl)ccc1CNC(=O)N[C@@H]1Cc2ccccc2[C@H]1O. The second-order valence-electron chi connectivity index (χ2n) is 5.74. The summed E-state index contributed by atoms with van der Waals surface area (Å²) in [5.74, 6) is 0.621. The van der Waals surface area contributed by atoms with Crippen LogP contribution < -0.4 is 15.4 Å². The van der Waals surface area contributed by atoms with Gasteiger partial charge >= 0.3 is 6.03 Å². The Balaban J connectivity index is 1.58. The number of methoxy groups -OCH3 is 1. The molecule has 2 aromatic rings. The lowest BCUT2D eigenvalue weighted by Crippen LogP contribution is -2.43. The summed E-state index contributed by atoms with van der Waals surface area (Å²) in [6, 6.07) is 12.3. The molecule has 1 aliphatic carbocycles. The fourth-order valence-corrected chi connectivity index (χ4v) is 3.13. The molecule has 0 saturated heterocycles. The fraction of sp³-hybridized carbons (Fsp3) is 0.278.